The first-order chi connectivity index (χ1) is 11.6. The zero-order valence-corrected chi connectivity index (χ0v) is 13.9. The first-order valence-corrected chi connectivity index (χ1v) is 7.75. The van der Waals surface area contributed by atoms with Gasteiger partial charge in [0.15, 0.2) is 0 Å². The quantitative estimate of drug-likeness (QED) is 0.848. The average Bonchev–Trinajstić information content (AvgIpc) is 2.57. The van der Waals surface area contributed by atoms with Gasteiger partial charge in [-0.05, 0) is 42.8 Å². The maximum atomic E-state index is 12.2. The number of aromatic nitrogens is 1. The summed E-state index contributed by atoms with van der Waals surface area (Å²) < 4.78 is 5.36. The molecule has 0 unspecified atom stereocenters. The highest BCUT2D eigenvalue weighted by molar-refractivity contribution is 5.94. The van der Waals surface area contributed by atoms with Crippen molar-refractivity contribution in [2.24, 2.45) is 0 Å². The van der Waals surface area contributed by atoms with E-state index in [9.17, 15) is 9.59 Å². The molecule has 6 heteroatoms. The molecule has 1 aromatic carbocycles. The van der Waals surface area contributed by atoms with E-state index in [1.54, 1.807) is 42.7 Å². The van der Waals surface area contributed by atoms with E-state index in [0.717, 1.165) is 11.3 Å². The first-order valence-electron chi connectivity index (χ1n) is 7.75. The molecule has 0 bridgehead atoms. The molecule has 1 heterocycles. The molecular formula is C18H21N3O3. The van der Waals surface area contributed by atoms with Gasteiger partial charge in [-0.2, -0.15) is 0 Å². The van der Waals surface area contributed by atoms with Crippen LogP contribution in [0.15, 0.2) is 48.8 Å². The summed E-state index contributed by atoms with van der Waals surface area (Å²) in [4.78, 5) is 29.4. The second-order valence-electron chi connectivity index (χ2n) is 5.24. The van der Waals surface area contributed by atoms with E-state index >= 15 is 0 Å². The van der Waals surface area contributed by atoms with Crippen LogP contribution in [0.3, 0.4) is 0 Å². The minimum Gasteiger partial charge on any atom is -0.494 e. The number of benzene rings is 1. The molecule has 2 rings (SSSR count). The molecule has 126 valence electrons. The highest BCUT2D eigenvalue weighted by atomic mass is 16.5. The third-order valence-electron chi connectivity index (χ3n) is 3.33. The summed E-state index contributed by atoms with van der Waals surface area (Å²) in [6.45, 7) is 4.28. The molecule has 0 atom stereocenters. The standard InChI is InChI=1S/C18H21N3O3/c1-3-24-17-8-6-16(7-9-17)20-18(23)13-21(14(2)22)12-15-5-4-10-19-11-15/h4-11H,3,12-13H2,1-2H3,(H,20,23). The van der Waals surface area contributed by atoms with E-state index in [1.165, 1.54) is 11.8 Å². The number of carbonyl (C=O) groups is 2. The van der Waals surface area contributed by atoms with E-state index in [2.05, 4.69) is 10.3 Å². The molecule has 0 aliphatic carbocycles. The van der Waals surface area contributed by atoms with Crippen LogP contribution < -0.4 is 10.1 Å². The Balaban J connectivity index is 1.94. The van der Waals surface area contributed by atoms with Crippen LogP contribution in [0, 0.1) is 0 Å². The van der Waals surface area contributed by atoms with E-state index in [1.807, 2.05) is 13.0 Å². The maximum absolute atomic E-state index is 12.2. The van der Waals surface area contributed by atoms with Gasteiger partial charge in [0.1, 0.15) is 12.3 Å². The summed E-state index contributed by atoms with van der Waals surface area (Å²) in [6, 6.07) is 10.8. The van der Waals surface area contributed by atoms with Gasteiger partial charge in [-0.3, -0.25) is 14.6 Å². The fourth-order valence-electron chi connectivity index (χ4n) is 2.17. The molecule has 1 aromatic heterocycles. The van der Waals surface area contributed by atoms with Crippen LogP contribution in [-0.2, 0) is 16.1 Å². The van der Waals surface area contributed by atoms with Gasteiger partial charge in [0, 0.05) is 31.5 Å². The number of anilines is 1. The van der Waals surface area contributed by atoms with Crippen molar-refractivity contribution in [3.05, 3.63) is 54.4 Å². The number of nitrogens with one attached hydrogen (secondary N) is 1. The minimum atomic E-state index is -0.252. The molecule has 0 saturated carbocycles. The van der Waals surface area contributed by atoms with Crippen LogP contribution in [-0.4, -0.2) is 34.8 Å². The molecule has 0 radical (unpaired) electrons. The lowest BCUT2D eigenvalue weighted by molar-refractivity contribution is -0.133. The topological polar surface area (TPSA) is 71.5 Å². The molecule has 0 spiro atoms. The van der Waals surface area contributed by atoms with Crippen molar-refractivity contribution >= 4 is 17.5 Å². The van der Waals surface area contributed by atoms with Crippen LogP contribution in [0.2, 0.25) is 0 Å². The molecule has 0 aliphatic heterocycles. The Morgan fingerprint density at radius 1 is 1.21 bits per heavy atom. The van der Waals surface area contributed by atoms with Crippen LogP contribution in [0.5, 0.6) is 5.75 Å². The van der Waals surface area contributed by atoms with Gasteiger partial charge < -0.3 is 15.0 Å². The lowest BCUT2D eigenvalue weighted by Gasteiger charge is -2.20. The SMILES string of the molecule is CCOc1ccc(NC(=O)CN(Cc2cccnc2)C(C)=O)cc1. The Bertz CT molecular complexity index is 672. The van der Waals surface area contributed by atoms with Crippen molar-refractivity contribution in [3.63, 3.8) is 0 Å². The summed E-state index contributed by atoms with van der Waals surface area (Å²) in [5, 5.41) is 2.78. The van der Waals surface area contributed by atoms with E-state index < -0.39 is 0 Å². The second-order valence-corrected chi connectivity index (χ2v) is 5.24. The van der Waals surface area contributed by atoms with Gasteiger partial charge >= 0.3 is 0 Å². The van der Waals surface area contributed by atoms with Gasteiger partial charge in [0.2, 0.25) is 11.8 Å². The van der Waals surface area contributed by atoms with Crippen LogP contribution in [0.25, 0.3) is 0 Å². The van der Waals surface area contributed by atoms with Crippen molar-refractivity contribution in [1.82, 2.24) is 9.88 Å². The van der Waals surface area contributed by atoms with Gasteiger partial charge in [0.05, 0.1) is 6.61 Å². The van der Waals surface area contributed by atoms with Gasteiger partial charge in [-0.1, -0.05) is 6.07 Å². The molecule has 1 N–H and O–H groups in total. The number of hydrogen-bond acceptors (Lipinski definition) is 4. The monoisotopic (exact) mass is 327 g/mol. The van der Waals surface area contributed by atoms with E-state index in [4.69, 9.17) is 4.74 Å². The number of carbonyl (C=O) groups excluding carboxylic acids is 2. The largest absolute Gasteiger partial charge is 0.494 e. The molecule has 6 nitrogen and oxygen atoms in total. The number of amides is 2. The zero-order chi connectivity index (χ0) is 17.4. The predicted octanol–water partition coefficient (Wildman–Crippen LogP) is 2.47. The first kappa shape index (κ1) is 17.5. The smallest absolute Gasteiger partial charge is 0.244 e. The molecule has 24 heavy (non-hydrogen) atoms. The fourth-order valence-corrected chi connectivity index (χ4v) is 2.17. The summed E-state index contributed by atoms with van der Waals surface area (Å²) >= 11 is 0. The van der Waals surface area contributed by atoms with Crippen LogP contribution >= 0.6 is 0 Å². The summed E-state index contributed by atoms with van der Waals surface area (Å²) in [6.07, 6.45) is 3.35. The lowest BCUT2D eigenvalue weighted by atomic mass is 10.2. The average molecular weight is 327 g/mol. The number of rotatable bonds is 7. The van der Waals surface area contributed by atoms with Crippen molar-refractivity contribution in [2.75, 3.05) is 18.5 Å². The number of ether oxygens (including phenoxy) is 1. The Morgan fingerprint density at radius 3 is 2.54 bits per heavy atom. The Hall–Kier alpha value is -2.89. The van der Waals surface area contributed by atoms with Crippen LogP contribution in [0.4, 0.5) is 5.69 Å². The third-order valence-corrected chi connectivity index (χ3v) is 3.33. The Kier molecular flexibility index (Phi) is 6.31. The molecular weight excluding hydrogens is 306 g/mol. The summed E-state index contributed by atoms with van der Waals surface area (Å²) in [5.41, 5.74) is 1.54. The van der Waals surface area contributed by atoms with Gasteiger partial charge in [-0.25, -0.2) is 0 Å². The normalized spacial score (nSPS) is 10.1. The molecule has 0 fully saturated rings. The highest BCUT2D eigenvalue weighted by Gasteiger charge is 2.14. The maximum Gasteiger partial charge on any atom is 0.244 e. The van der Waals surface area contributed by atoms with E-state index in [0.29, 0.717) is 18.8 Å². The lowest BCUT2D eigenvalue weighted by Crippen LogP contribution is -2.36. The van der Waals surface area contributed by atoms with Crippen molar-refractivity contribution in [3.8, 4) is 5.75 Å². The van der Waals surface area contributed by atoms with E-state index in [-0.39, 0.29) is 18.4 Å². The number of pyridine rings is 1. The van der Waals surface area contributed by atoms with Crippen molar-refractivity contribution in [2.45, 2.75) is 20.4 Å². The third kappa shape index (κ3) is 5.39. The number of hydrogen-bond donors (Lipinski definition) is 1. The van der Waals surface area contributed by atoms with Crippen molar-refractivity contribution < 1.29 is 14.3 Å². The highest BCUT2D eigenvalue weighted by Crippen LogP contribution is 2.15. The van der Waals surface area contributed by atoms with Crippen LogP contribution in [0.1, 0.15) is 19.4 Å². The molecule has 2 amide bonds. The predicted molar refractivity (Wildman–Crippen MR) is 91.6 cm³/mol. The minimum absolute atomic E-state index is 0.0164. The molecule has 0 aliphatic rings. The van der Waals surface area contributed by atoms with Crippen molar-refractivity contribution in [1.29, 1.82) is 0 Å². The Morgan fingerprint density at radius 2 is 1.96 bits per heavy atom. The number of nitrogens with zero attached hydrogens (tertiary/aromatic N) is 2. The zero-order valence-electron chi connectivity index (χ0n) is 13.9. The Labute approximate surface area is 141 Å². The summed E-state index contributed by atoms with van der Waals surface area (Å²) in [7, 11) is 0. The summed E-state index contributed by atoms with van der Waals surface area (Å²) in [5.74, 6) is 0.330. The van der Waals surface area contributed by atoms with Gasteiger partial charge in [-0.15, -0.1) is 0 Å². The fraction of sp³-hybridized carbons (Fsp3) is 0.278. The van der Waals surface area contributed by atoms with Gasteiger partial charge in [0.25, 0.3) is 0 Å². The molecule has 0 saturated heterocycles. The molecule has 2 aromatic rings. The second kappa shape index (κ2) is 8.67.